The van der Waals surface area contributed by atoms with E-state index in [2.05, 4.69) is 64.3 Å². The highest BCUT2D eigenvalue weighted by molar-refractivity contribution is 6.28. The predicted octanol–water partition coefficient (Wildman–Crippen LogP) is 10.3. The van der Waals surface area contributed by atoms with E-state index in [0.29, 0.717) is 18.5 Å². The van der Waals surface area contributed by atoms with Crippen LogP contribution in [0.2, 0.25) is 10.6 Å². The first kappa shape index (κ1) is 42.5. The van der Waals surface area contributed by atoms with E-state index in [9.17, 15) is 14.7 Å². The number of halogens is 2. The zero-order chi connectivity index (χ0) is 39.9. The topological polar surface area (TPSA) is 156 Å². The number of nitrogen functional groups attached to an aromatic ring is 1. The first-order valence-electron chi connectivity index (χ1n) is 18.5. The third-order valence-corrected chi connectivity index (χ3v) is 11.3. The van der Waals surface area contributed by atoms with Crippen LogP contribution in [-0.2, 0) is 15.7 Å². The maximum atomic E-state index is 12.9. The molecule has 10 nitrogen and oxygen atoms in total. The molecule has 2 aliphatic rings. The molecule has 6 rings (SSSR count). The van der Waals surface area contributed by atoms with Gasteiger partial charge in [0.15, 0.2) is 0 Å². The first-order chi connectivity index (χ1) is 25.2. The van der Waals surface area contributed by atoms with E-state index in [1.165, 1.54) is 11.8 Å². The number of carboxylic acid groups (broad SMARTS) is 1. The number of amides is 2. The van der Waals surface area contributed by atoms with Crippen LogP contribution in [-0.4, -0.2) is 37.0 Å². The van der Waals surface area contributed by atoms with Crippen molar-refractivity contribution in [3.63, 3.8) is 0 Å². The fraction of sp³-hybridized carbons (Fsp3) is 0.476. The molecule has 0 radical (unpaired) electrons. The van der Waals surface area contributed by atoms with E-state index in [-0.39, 0.29) is 27.4 Å². The molecule has 12 heteroatoms. The van der Waals surface area contributed by atoms with Crippen molar-refractivity contribution in [2.24, 2.45) is 10.8 Å². The van der Waals surface area contributed by atoms with Crippen molar-refractivity contribution in [2.75, 3.05) is 11.1 Å². The largest absolute Gasteiger partial charge is 0.481 e. The van der Waals surface area contributed by atoms with Crippen LogP contribution in [0.4, 0.5) is 16.2 Å². The van der Waals surface area contributed by atoms with Gasteiger partial charge in [-0.25, -0.2) is 24.7 Å². The number of nitrogens with two attached hydrogens (primary N) is 1. The van der Waals surface area contributed by atoms with Gasteiger partial charge in [-0.3, -0.25) is 4.79 Å². The van der Waals surface area contributed by atoms with Crippen LogP contribution in [0.25, 0.3) is 0 Å². The Kier molecular flexibility index (Phi) is 13.7. The average molecular weight is 777 g/mol. The van der Waals surface area contributed by atoms with Gasteiger partial charge in [0, 0.05) is 23.8 Å². The van der Waals surface area contributed by atoms with Gasteiger partial charge in [-0.15, -0.1) is 0 Å². The van der Waals surface area contributed by atoms with Gasteiger partial charge in [0.2, 0.25) is 10.6 Å². The summed E-state index contributed by atoms with van der Waals surface area (Å²) in [7, 11) is 0. The Labute approximate surface area is 330 Å². The van der Waals surface area contributed by atoms with Gasteiger partial charge in [0.25, 0.3) is 0 Å². The Hall–Kier alpha value is -4.28. The molecule has 2 amide bonds. The number of anilines is 2. The van der Waals surface area contributed by atoms with Crippen molar-refractivity contribution >= 4 is 46.6 Å². The van der Waals surface area contributed by atoms with Crippen LogP contribution in [0.15, 0.2) is 60.9 Å². The number of carbonyl (C=O) groups excluding carboxylic acids is 1. The lowest BCUT2D eigenvalue weighted by Crippen LogP contribution is -2.51. The summed E-state index contributed by atoms with van der Waals surface area (Å²) >= 11 is 11.8. The Morgan fingerprint density at radius 2 is 1.17 bits per heavy atom. The van der Waals surface area contributed by atoms with Crippen LogP contribution < -0.4 is 16.4 Å². The summed E-state index contributed by atoms with van der Waals surface area (Å²) in [5.41, 5.74) is 12.2. The molecule has 0 bridgehead atoms. The number of aryl methyl sites for hydroxylation is 4. The standard InChI is InChI=1S/C21H27ClN4O.C13H17ClN2O2.C8H11N/c1-14-5-6-15(2)16(13-14)24-19(27)26-21(10-8-20(3,4)9-11-21)17-7-12-23-18(22)25-17;1-12(2)4-6-13(7-5-12,10(17)18)9-3-8-15-11(14)16-9;1-6-3-4-7(2)8(9)5-6/h5-7,12-13H,8-11H2,1-4H3,(H2,24,26,27);3,8H,4-7H2,1-2H3,(H,17,18);3-5H,9H2,1-2H3. The Bertz CT molecular complexity index is 1930. The second-order valence-electron chi connectivity index (χ2n) is 16.5. The molecule has 290 valence electrons. The summed E-state index contributed by atoms with van der Waals surface area (Å²) in [6, 6.07) is 15.4. The van der Waals surface area contributed by atoms with Crippen molar-refractivity contribution < 1.29 is 14.7 Å². The predicted molar refractivity (Wildman–Crippen MR) is 218 cm³/mol. The van der Waals surface area contributed by atoms with Crippen molar-refractivity contribution in [3.05, 3.63) is 105 Å². The number of aromatic nitrogens is 4. The normalized spacial score (nSPS) is 17.7. The lowest BCUT2D eigenvalue weighted by molar-refractivity contribution is -0.146. The number of carbonyl (C=O) groups is 2. The summed E-state index contributed by atoms with van der Waals surface area (Å²) in [6.07, 6.45) is 9.75. The van der Waals surface area contributed by atoms with Gasteiger partial charge in [-0.2, -0.15) is 0 Å². The number of urea groups is 1. The monoisotopic (exact) mass is 775 g/mol. The highest BCUT2D eigenvalue weighted by Gasteiger charge is 2.47. The highest BCUT2D eigenvalue weighted by atomic mass is 35.5. The molecule has 4 aromatic rings. The summed E-state index contributed by atoms with van der Waals surface area (Å²) in [4.78, 5) is 40.9. The SMILES string of the molecule is CC1(C)CCC(C(=O)O)(c2ccnc(Cl)n2)CC1.Cc1ccc(C)c(N)c1.Cc1ccc(C)c(NC(=O)NC2(c3ccnc(Cl)n3)CCC(C)(C)CC2)c1. The molecule has 2 heterocycles. The zero-order valence-corrected chi connectivity index (χ0v) is 34.3. The summed E-state index contributed by atoms with van der Waals surface area (Å²) in [6.45, 7) is 16.9. The Morgan fingerprint density at radius 1 is 0.685 bits per heavy atom. The molecule has 0 unspecified atom stereocenters. The molecule has 2 saturated carbocycles. The average Bonchev–Trinajstić information content (AvgIpc) is 3.10. The first-order valence-corrected chi connectivity index (χ1v) is 19.2. The quantitative estimate of drug-likeness (QED) is 0.115. The maximum absolute atomic E-state index is 12.9. The van der Waals surface area contributed by atoms with Crippen molar-refractivity contribution in [1.82, 2.24) is 25.3 Å². The zero-order valence-electron chi connectivity index (χ0n) is 32.8. The number of hydrogen-bond donors (Lipinski definition) is 4. The van der Waals surface area contributed by atoms with Crippen LogP contribution in [0.3, 0.4) is 0 Å². The van der Waals surface area contributed by atoms with E-state index in [1.54, 1.807) is 12.3 Å². The lowest BCUT2D eigenvalue weighted by atomic mass is 9.63. The summed E-state index contributed by atoms with van der Waals surface area (Å²) < 4.78 is 0. The molecule has 2 aromatic carbocycles. The molecule has 5 N–H and O–H groups in total. The van der Waals surface area contributed by atoms with Gasteiger partial charge in [-0.05, 0) is 160 Å². The van der Waals surface area contributed by atoms with Crippen LogP contribution in [0, 0.1) is 38.5 Å². The number of rotatable bonds is 5. The molecule has 54 heavy (non-hydrogen) atoms. The molecule has 2 aliphatic carbocycles. The minimum absolute atomic E-state index is 0.109. The number of nitrogens with zero attached hydrogens (tertiary/aromatic N) is 4. The number of carboxylic acids is 1. The highest BCUT2D eigenvalue weighted by Crippen LogP contribution is 2.47. The number of nitrogens with one attached hydrogen (secondary N) is 2. The molecular formula is C42H55Cl2N7O3. The molecular weight excluding hydrogens is 721 g/mol. The van der Waals surface area contributed by atoms with Gasteiger partial charge in [0.05, 0.1) is 16.9 Å². The van der Waals surface area contributed by atoms with Crippen LogP contribution >= 0.6 is 23.2 Å². The smallest absolute Gasteiger partial charge is 0.319 e. The van der Waals surface area contributed by atoms with Gasteiger partial charge >= 0.3 is 12.0 Å². The third-order valence-electron chi connectivity index (χ3n) is 11.0. The second kappa shape index (κ2) is 17.5. The van der Waals surface area contributed by atoms with Crippen LogP contribution in [0.1, 0.15) is 113 Å². The summed E-state index contributed by atoms with van der Waals surface area (Å²) in [5.74, 6) is -0.812. The fourth-order valence-corrected chi connectivity index (χ4v) is 7.23. The van der Waals surface area contributed by atoms with Crippen molar-refractivity contribution in [3.8, 4) is 0 Å². The molecule has 0 aliphatic heterocycles. The maximum Gasteiger partial charge on any atom is 0.319 e. The fourth-order valence-electron chi connectivity index (χ4n) is 6.94. The Balaban J connectivity index is 0.000000205. The number of hydrogen-bond acceptors (Lipinski definition) is 7. The van der Waals surface area contributed by atoms with E-state index in [1.807, 2.05) is 64.1 Å². The van der Waals surface area contributed by atoms with E-state index in [0.717, 1.165) is 72.3 Å². The van der Waals surface area contributed by atoms with Crippen molar-refractivity contribution in [2.45, 2.75) is 118 Å². The van der Waals surface area contributed by atoms with E-state index in [4.69, 9.17) is 28.9 Å². The van der Waals surface area contributed by atoms with E-state index >= 15 is 0 Å². The summed E-state index contributed by atoms with van der Waals surface area (Å²) in [5, 5.41) is 16.1. The van der Waals surface area contributed by atoms with Gasteiger partial charge in [0.1, 0.15) is 5.41 Å². The molecule has 0 spiro atoms. The molecule has 2 aromatic heterocycles. The molecule has 0 atom stereocenters. The van der Waals surface area contributed by atoms with Gasteiger partial charge in [-0.1, -0.05) is 52.0 Å². The second-order valence-corrected chi connectivity index (χ2v) is 17.2. The Morgan fingerprint density at radius 3 is 1.67 bits per heavy atom. The number of aliphatic carboxylic acids is 1. The minimum Gasteiger partial charge on any atom is -0.481 e. The van der Waals surface area contributed by atoms with Crippen LogP contribution in [0.5, 0.6) is 0 Å². The molecule has 0 saturated heterocycles. The lowest BCUT2D eigenvalue weighted by Gasteiger charge is -2.43. The van der Waals surface area contributed by atoms with Gasteiger partial charge < -0.3 is 21.5 Å². The van der Waals surface area contributed by atoms with Crippen molar-refractivity contribution in [1.29, 1.82) is 0 Å². The number of benzene rings is 2. The molecule has 2 fully saturated rings. The third kappa shape index (κ3) is 11.1. The minimum atomic E-state index is -0.901. The van der Waals surface area contributed by atoms with E-state index < -0.39 is 16.9 Å².